The summed E-state index contributed by atoms with van der Waals surface area (Å²) in [7, 11) is 5.92. The van der Waals surface area contributed by atoms with Gasteiger partial charge in [0.05, 0.1) is 17.8 Å². The minimum Gasteiger partial charge on any atom is -0.376 e. The Morgan fingerprint density at radius 1 is 1.40 bits per heavy atom. The Bertz CT molecular complexity index is 721. The second-order valence-corrected chi connectivity index (χ2v) is 6.86. The zero-order valence-electron chi connectivity index (χ0n) is 15.2. The first-order valence-electron chi connectivity index (χ1n) is 8.77. The van der Waals surface area contributed by atoms with E-state index in [-0.39, 0.29) is 12.1 Å². The summed E-state index contributed by atoms with van der Waals surface area (Å²) < 4.78 is 7.51. The van der Waals surface area contributed by atoms with Crippen molar-refractivity contribution in [1.29, 1.82) is 0 Å². The van der Waals surface area contributed by atoms with E-state index in [4.69, 9.17) is 4.74 Å². The first kappa shape index (κ1) is 17.7. The lowest BCUT2D eigenvalue weighted by Gasteiger charge is -2.27. The Hall–Kier alpha value is -2.12. The van der Waals surface area contributed by atoms with Crippen LogP contribution in [0.15, 0.2) is 24.4 Å². The Balaban J connectivity index is 1.69. The van der Waals surface area contributed by atoms with Crippen molar-refractivity contribution < 1.29 is 9.53 Å². The summed E-state index contributed by atoms with van der Waals surface area (Å²) in [6.45, 7) is 2.92. The third-order valence-electron chi connectivity index (χ3n) is 4.55. The highest BCUT2D eigenvalue weighted by molar-refractivity contribution is 5.92. The lowest BCUT2D eigenvalue weighted by Crippen LogP contribution is -2.43. The topological polar surface area (TPSA) is 62.6 Å². The van der Waals surface area contributed by atoms with Gasteiger partial charge in [0.1, 0.15) is 0 Å². The lowest BCUT2D eigenvalue weighted by atomic mass is 10.2. The quantitative estimate of drug-likeness (QED) is 0.871. The molecule has 2 heterocycles. The van der Waals surface area contributed by atoms with Crippen molar-refractivity contribution in [3.05, 3.63) is 24.4 Å². The van der Waals surface area contributed by atoms with E-state index >= 15 is 0 Å². The molecule has 2 aromatic rings. The number of likely N-dealkylation sites (N-methyl/N-ethyl adjacent to an activating group) is 1. The fourth-order valence-corrected chi connectivity index (χ4v) is 3.05. The minimum atomic E-state index is -0.0844. The normalized spacial score (nSPS) is 17.4. The van der Waals surface area contributed by atoms with E-state index in [0.717, 1.165) is 42.6 Å². The third kappa shape index (κ3) is 4.49. The number of fused-ring (bicyclic) bond motifs is 1. The van der Waals surface area contributed by atoms with Crippen LogP contribution in [-0.2, 0) is 11.8 Å². The number of hydrogen-bond donors (Lipinski definition) is 1. The average molecular weight is 345 g/mol. The maximum Gasteiger partial charge on any atom is 0.321 e. The number of carbonyl (C=O) groups excluding carboxylic acids is 1. The number of rotatable bonds is 6. The summed E-state index contributed by atoms with van der Waals surface area (Å²) in [5.74, 6) is 0. The van der Waals surface area contributed by atoms with E-state index in [1.807, 2.05) is 50.4 Å². The van der Waals surface area contributed by atoms with E-state index < -0.39 is 0 Å². The molecule has 1 atom stereocenters. The maximum absolute atomic E-state index is 12.8. The molecule has 7 nitrogen and oxygen atoms in total. The van der Waals surface area contributed by atoms with Crippen molar-refractivity contribution in [1.82, 2.24) is 19.6 Å². The Kier molecular flexibility index (Phi) is 5.55. The molecule has 0 radical (unpaired) electrons. The van der Waals surface area contributed by atoms with Crippen LogP contribution in [0.1, 0.15) is 12.8 Å². The molecule has 25 heavy (non-hydrogen) atoms. The minimum absolute atomic E-state index is 0.0844. The van der Waals surface area contributed by atoms with Crippen LogP contribution < -0.4 is 5.32 Å². The summed E-state index contributed by atoms with van der Waals surface area (Å²) in [5.41, 5.74) is 1.78. The molecular formula is C18H27N5O2. The van der Waals surface area contributed by atoms with Gasteiger partial charge in [0.25, 0.3) is 0 Å². The predicted octanol–water partition coefficient (Wildman–Crippen LogP) is 2.15. The van der Waals surface area contributed by atoms with Gasteiger partial charge >= 0.3 is 6.03 Å². The van der Waals surface area contributed by atoms with Gasteiger partial charge in [-0.2, -0.15) is 5.10 Å². The van der Waals surface area contributed by atoms with E-state index in [0.29, 0.717) is 13.1 Å². The number of benzene rings is 1. The molecule has 0 unspecified atom stereocenters. The third-order valence-corrected chi connectivity index (χ3v) is 4.55. The fraction of sp³-hybridized carbons (Fsp3) is 0.556. The summed E-state index contributed by atoms with van der Waals surface area (Å²) >= 11 is 0. The van der Waals surface area contributed by atoms with E-state index in [1.165, 1.54) is 0 Å². The number of aromatic nitrogens is 2. The predicted molar refractivity (Wildman–Crippen MR) is 98.8 cm³/mol. The maximum atomic E-state index is 12.8. The van der Waals surface area contributed by atoms with Gasteiger partial charge in [-0.05, 0) is 45.1 Å². The molecule has 0 saturated carbocycles. The van der Waals surface area contributed by atoms with Crippen molar-refractivity contribution in [2.75, 3.05) is 45.7 Å². The van der Waals surface area contributed by atoms with Gasteiger partial charge < -0.3 is 19.9 Å². The van der Waals surface area contributed by atoms with E-state index in [1.54, 1.807) is 4.68 Å². The zero-order valence-corrected chi connectivity index (χ0v) is 15.2. The van der Waals surface area contributed by atoms with Gasteiger partial charge in [0.2, 0.25) is 0 Å². The molecule has 1 aliphatic heterocycles. The van der Waals surface area contributed by atoms with Crippen LogP contribution in [0, 0.1) is 0 Å². The highest BCUT2D eigenvalue weighted by Crippen LogP contribution is 2.19. The van der Waals surface area contributed by atoms with Crippen LogP contribution in [0.25, 0.3) is 10.9 Å². The molecule has 0 bridgehead atoms. The molecule has 0 spiro atoms. The number of carbonyl (C=O) groups is 1. The highest BCUT2D eigenvalue weighted by Gasteiger charge is 2.22. The van der Waals surface area contributed by atoms with Crippen LogP contribution in [0.2, 0.25) is 0 Å². The summed E-state index contributed by atoms with van der Waals surface area (Å²) in [6, 6.07) is 5.76. The number of hydrogen-bond acceptors (Lipinski definition) is 4. The van der Waals surface area contributed by atoms with E-state index in [9.17, 15) is 4.79 Å². The molecule has 1 fully saturated rings. The number of aryl methyl sites for hydroxylation is 1. The van der Waals surface area contributed by atoms with Crippen molar-refractivity contribution in [2.24, 2.45) is 7.05 Å². The molecule has 1 aromatic carbocycles. The Morgan fingerprint density at radius 3 is 2.96 bits per heavy atom. The van der Waals surface area contributed by atoms with Crippen LogP contribution >= 0.6 is 0 Å². The molecule has 1 aliphatic rings. The van der Waals surface area contributed by atoms with Crippen molar-refractivity contribution in [3.8, 4) is 0 Å². The van der Waals surface area contributed by atoms with Crippen molar-refractivity contribution in [3.63, 3.8) is 0 Å². The highest BCUT2D eigenvalue weighted by atomic mass is 16.5. The zero-order chi connectivity index (χ0) is 17.8. The molecule has 2 amide bonds. The molecule has 1 saturated heterocycles. The SMILES string of the molecule is CN(C)CCN(C[C@@H]1CCCO1)C(=O)Nc1ccc2cnn(C)c2c1. The van der Waals surface area contributed by atoms with Gasteiger partial charge in [0.15, 0.2) is 0 Å². The molecular weight excluding hydrogens is 318 g/mol. The monoisotopic (exact) mass is 345 g/mol. The standard InChI is InChI=1S/C18H27N5O2/c1-21(2)8-9-23(13-16-5-4-10-25-16)18(24)20-15-7-6-14-12-19-22(3)17(14)11-15/h6-7,11-12,16H,4-5,8-10,13H2,1-3H3,(H,20,24)/t16-/m0/s1. The van der Waals surface area contributed by atoms with Gasteiger partial charge in [0, 0.05) is 44.4 Å². The fourth-order valence-electron chi connectivity index (χ4n) is 3.05. The molecule has 3 rings (SSSR count). The number of anilines is 1. The molecule has 136 valence electrons. The molecule has 0 aliphatic carbocycles. The molecule has 1 aromatic heterocycles. The first-order valence-corrected chi connectivity index (χ1v) is 8.77. The number of amides is 2. The smallest absolute Gasteiger partial charge is 0.321 e. The van der Waals surface area contributed by atoms with Gasteiger partial charge in [-0.15, -0.1) is 0 Å². The number of urea groups is 1. The van der Waals surface area contributed by atoms with Crippen LogP contribution in [-0.4, -0.2) is 72.1 Å². The largest absolute Gasteiger partial charge is 0.376 e. The lowest BCUT2D eigenvalue weighted by molar-refractivity contribution is 0.0820. The van der Waals surface area contributed by atoms with E-state index in [2.05, 4.69) is 15.3 Å². The number of ether oxygens (including phenoxy) is 1. The molecule has 7 heteroatoms. The summed E-state index contributed by atoms with van der Waals surface area (Å²) in [6.07, 6.45) is 4.06. The van der Waals surface area contributed by atoms with Crippen LogP contribution in [0.3, 0.4) is 0 Å². The molecule has 1 N–H and O–H groups in total. The summed E-state index contributed by atoms with van der Waals surface area (Å²) in [5, 5.41) is 8.32. The Morgan fingerprint density at radius 2 is 2.24 bits per heavy atom. The van der Waals surface area contributed by atoms with Gasteiger partial charge in [-0.25, -0.2) is 4.79 Å². The first-order chi connectivity index (χ1) is 12.0. The second-order valence-electron chi connectivity index (χ2n) is 6.86. The van der Waals surface area contributed by atoms with Crippen molar-refractivity contribution in [2.45, 2.75) is 18.9 Å². The number of nitrogens with zero attached hydrogens (tertiary/aromatic N) is 4. The second kappa shape index (κ2) is 7.84. The van der Waals surface area contributed by atoms with Crippen molar-refractivity contribution >= 4 is 22.6 Å². The average Bonchev–Trinajstić information content (AvgIpc) is 3.21. The van der Waals surface area contributed by atoms with Crippen LogP contribution in [0.5, 0.6) is 0 Å². The van der Waals surface area contributed by atoms with Gasteiger partial charge in [-0.3, -0.25) is 4.68 Å². The number of nitrogens with one attached hydrogen (secondary N) is 1. The van der Waals surface area contributed by atoms with Gasteiger partial charge in [-0.1, -0.05) is 0 Å². The summed E-state index contributed by atoms with van der Waals surface area (Å²) in [4.78, 5) is 16.7. The van der Waals surface area contributed by atoms with Crippen LogP contribution in [0.4, 0.5) is 10.5 Å². The Labute approximate surface area is 148 Å².